The van der Waals surface area contributed by atoms with Crippen molar-refractivity contribution in [2.45, 2.75) is 19.4 Å². The summed E-state index contributed by atoms with van der Waals surface area (Å²) in [5.41, 5.74) is 2.32. The van der Waals surface area contributed by atoms with E-state index in [4.69, 9.17) is 6.58 Å². The van der Waals surface area contributed by atoms with E-state index in [9.17, 15) is 5.11 Å². The Labute approximate surface area is 73.4 Å². The number of hydrogen-bond acceptors (Lipinski definition) is 1. The molecule has 1 heteroatoms. The standard InChI is InChI=1S/C11H13O/c1-3-11(12)8-10-6-4-5-9(2)7-10/h1,3-7,11-12H,8H2,2H3/t11-/m0/s1. The van der Waals surface area contributed by atoms with Gasteiger partial charge in [0.25, 0.3) is 0 Å². The maximum Gasteiger partial charge on any atom is 0.0764 e. The summed E-state index contributed by atoms with van der Waals surface area (Å²) < 4.78 is 0. The Bertz CT molecular complexity index is 265. The Morgan fingerprint density at radius 1 is 1.58 bits per heavy atom. The summed E-state index contributed by atoms with van der Waals surface area (Å²) >= 11 is 0. The van der Waals surface area contributed by atoms with Crippen LogP contribution >= 0.6 is 0 Å². The fraction of sp³-hybridized carbons (Fsp3) is 0.273. The summed E-state index contributed by atoms with van der Waals surface area (Å²) in [7, 11) is 0. The van der Waals surface area contributed by atoms with Gasteiger partial charge in [-0.05, 0) is 12.5 Å². The van der Waals surface area contributed by atoms with Crippen molar-refractivity contribution in [2.24, 2.45) is 0 Å². The molecular weight excluding hydrogens is 148 g/mol. The second-order valence-electron chi connectivity index (χ2n) is 2.95. The molecule has 0 saturated carbocycles. The first-order valence-electron chi connectivity index (χ1n) is 4.01. The van der Waals surface area contributed by atoms with Crippen LogP contribution in [-0.4, -0.2) is 11.2 Å². The molecule has 0 bridgehead atoms. The highest BCUT2D eigenvalue weighted by Crippen LogP contribution is 2.06. The monoisotopic (exact) mass is 161 g/mol. The van der Waals surface area contributed by atoms with Gasteiger partial charge in [0.2, 0.25) is 0 Å². The highest BCUT2D eigenvalue weighted by Gasteiger charge is 1.99. The first-order valence-corrected chi connectivity index (χ1v) is 4.01. The second kappa shape index (κ2) is 4.07. The van der Waals surface area contributed by atoms with Gasteiger partial charge >= 0.3 is 0 Å². The van der Waals surface area contributed by atoms with E-state index >= 15 is 0 Å². The summed E-state index contributed by atoms with van der Waals surface area (Å²) in [5, 5.41) is 9.22. The van der Waals surface area contributed by atoms with E-state index in [2.05, 4.69) is 0 Å². The van der Waals surface area contributed by atoms with E-state index in [1.807, 2.05) is 31.2 Å². The number of hydrogen-bond donors (Lipinski definition) is 1. The molecule has 63 valence electrons. The van der Waals surface area contributed by atoms with Crippen LogP contribution in [0, 0.1) is 13.5 Å². The van der Waals surface area contributed by atoms with Crippen molar-refractivity contribution in [1.82, 2.24) is 0 Å². The molecular formula is C11H13O. The molecule has 0 heterocycles. The molecule has 1 rings (SSSR count). The van der Waals surface area contributed by atoms with Crippen LogP contribution in [0.25, 0.3) is 0 Å². The van der Waals surface area contributed by atoms with E-state index in [0.717, 1.165) is 5.56 Å². The lowest BCUT2D eigenvalue weighted by atomic mass is 10.1. The van der Waals surface area contributed by atoms with Crippen molar-refractivity contribution in [3.05, 3.63) is 48.0 Å². The average Bonchev–Trinajstić information content (AvgIpc) is 2.04. The van der Waals surface area contributed by atoms with Gasteiger partial charge in [0, 0.05) is 6.42 Å². The fourth-order valence-corrected chi connectivity index (χ4v) is 1.15. The highest BCUT2D eigenvalue weighted by atomic mass is 16.3. The SMILES string of the molecule is [CH]=C[C@H](O)Cc1cccc(C)c1. The molecule has 0 fully saturated rings. The highest BCUT2D eigenvalue weighted by molar-refractivity contribution is 5.23. The minimum Gasteiger partial charge on any atom is -0.389 e. The molecule has 0 saturated heterocycles. The Morgan fingerprint density at radius 3 is 2.92 bits per heavy atom. The van der Waals surface area contributed by atoms with Crippen LogP contribution in [0.4, 0.5) is 0 Å². The van der Waals surface area contributed by atoms with E-state index in [1.54, 1.807) is 0 Å². The first kappa shape index (κ1) is 9.01. The van der Waals surface area contributed by atoms with Gasteiger partial charge in [-0.3, -0.25) is 0 Å². The van der Waals surface area contributed by atoms with E-state index in [0.29, 0.717) is 6.42 Å². The van der Waals surface area contributed by atoms with Gasteiger partial charge in [0.15, 0.2) is 0 Å². The third-order valence-electron chi connectivity index (χ3n) is 1.75. The van der Waals surface area contributed by atoms with Crippen molar-refractivity contribution in [2.75, 3.05) is 0 Å². The van der Waals surface area contributed by atoms with Crippen molar-refractivity contribution < 1.29 is 5.11 Å². The molecule has 0 spiro atoms. The van der Waals surface area contributed by atoms with Crippen LogP contribution in [0.3, 0.4) is 0 Å². The molecule has 12 heavy (non-hydrogen) atoms. The molecule has 1 radical (unpaired) electrons. The smallest absolute Gasteiger partial charge is 0.0764 e. The van der Waals surface area contributed by atoms with Crippen molar-refractivity contribution >= 4 is 0 Å². The molecule has 0 aliphatic rings. The maximum absolute atomic E-state index is 9.22. The molecule has 0 aliphatic carbocycles. The molecule has 0 amide bonds. The molecule has 0 aliphatic heterocycles. The number of benzene rings is 1. The predicted octanol–water partition coefficient (Wildman–Crippen LogP) is 1.89. The van der Waals surface area contributed by atoms with Crippen LogP contribution in [0.1, 0.15) is 11.1 Å². The maximum atomic E-state index is 9.22. The summed E-state index contributed by atoms with van der Waals surface area (Å²) in [6.45, 7) is 7.21. The van der Waals surface area contributed by atoms with Crippen LogP contribution in [0.5, 0.6) is 0 Å². The Morgan fingerprint density at radius 2 is 2.33 bits per heavy atom. The zero-order valence-corrected chi connectivity index (χ0v) is 7.20. The van der Waals surface area contributed by atoms with Crippen LogP contribution < -0.4 is 0 Å². The number of rotatable bonds is 3. The Kier molecular flexibility index (Phi) is 3.06. The van der Waals surface area contributed by atoms with Gasteiger partial charge in [0.05, 0.1) is 6.10 Å². The van der Waals surface area contributed by atoms with Crippen molar-refractivity contribution in [3.63, 3.8) is 0 Å². The van der Waals surface area contributed by atoms with Crippen LogP contribution in [0.2, 0.25) is 0 Å². The Hall–Kier alpha value is -1.08. The van der Waals surface area contributed by atoms with Gasteiger partial charge in [-0.2, -0.15) is 0 Å². The Balaban J connectivity index is 2.69. The van der Waals surface area contributed by atoms with Gasteiger partial charge < -0.3 is 5.11 Å². The predicted molar refractivity (Wildman–Crippen MR) is 49.8 cm³/mol. The first-order chi connectivity index (χ1) is 5.72. The van der Waals surface area contributed by atoms with Crippen LogP contribution in [-0.2, 0) is 6.42 Å². The topological polar surface area (TPSA) is 20.2 Å². The normalized spacial score (nSPS) is 12.5. The quantitative estimate of drug-likeness (QED) is 0.717. The van der Waals surface area contributed by atoms with Gasteiger partial charge in [-0.1, -0.05) is 42.5 Å². The summed E-state index contributed by atoms with van der Waals surface area (Å²) in [4.78, 5) is 0. The molecule has 1 atom stereocenters. The van der Waals surface area contributed by atoms with Gasteiger partial charge in [-0.25, -0.2) is 0 Å². The van der Waals surface area contributed by atoms with Gasteiger partial charge in [-0.15, -0.1) is 0 Å². The fourth-order valence-electron chi connectivity index (χ4n) is 1.15. The van der Waals surface area contributed by atoms with Crippen molar-refractivity contribution in [3.8, 4) is 0 Å². The zero-order chi connectivity index (χ0) is 8.97. The summed E-state index contributed by atoms with van der Waals surface area (Å²) in [6, 6.07) is 8.04. The third kappa shape index (κ3) is 2.51. The van der Waals surface area contributed by atoms with Crippen LogP contribution in [0.15, 0.2) is 30.3 Å². The molecule has 1 aromatic carbocycles. The average molecular weight is 161 g/mol. The summed E-state index contributed by atoms with van der Waals surface area (Å²) in [5.74, 6) is 0. The van der Waals surface area contributed by atoms with E-state index in [1.165, 1.54) is 11.6 Å². The lowest BCUT2D eigenvalue weighted by molar-refractivity contribution is 0.224. The third-order valence-corrected chi connectivity index (χ3v) is 1.75. The minimum atomic E-state index is -0.535. The van der Waals surface area contributed by atoms with E-state index in [-0.39, 0.29) is 0 Å². The molecule has 0 aromatic heterocycles. The molecule has 1 N–H and O–H groups in total. The van der Waals surface area contributed by atoms with Crippen molar-refractivity contribution in [1.29, 1.82) is 0 Å². The number of aliphatic hydroxyl groups excluding tert-OH is 1. The number of aliphatic hydroxyl groups is 1. The van der Waals surface area contributed by atoms with E-state index < -0.39 is 6.10 Å². The summed E-state index contributed by atoms with van der Waals surface area (Å²) in [6.07, 6.45) is 1.37. The zero-order valence-electron chi connectivity index (χ0n) is 7.20. The molecule has 0 unspecified atom stereocenters. The lowest BCUT2D eigenvalue weighted by Crippen LogP contribution is -2.05. The molecule has 1 nitrogen and oxygen atoms in total. The van der Waals surface area contributed by atoms with Gasteiger partial charge in [0.1, 0.15) is 0 Å². The lowest BCUT2D eigenvalue weighted by Gasteiger charge is -2.05. The largest absolute Gasteiger partial charge is 0.389 e. The molecule has 1 aromatic rings. The number of aryl methyl sites for hydroxylation is 1. The minimum absolute atomic E-state index is 0.535. The second-order valence-corrected chi connectivity index (χ2v) is 2.95.